The maximum absolute atomic E-state index is 10.7. The Labute approximate surface area is 329 Å². The summed E-state index contributed by atoms with van der Waals surface area (Å²) < 4.78 is 0. The van der Waals surface area contributed by atoms with Gasteiger partial charge in [0.1, 0.15) is 0 Å². The molecule has 0 aromatic rings. The second kappa shape index (κ2) is 42.6. The summed E-state index contributed by atoms with van der Waals surface area (Å²) in [6.07, 6.45) is 23.7. The predicted molar refractivity (Wildman–Crippen MR) is 184 cm³/mol. The van der Waals surface area contributed by atoms with Gasteiger partial charge in [0.2, 0.25) is 0 Å². The van der Waals surface area contributed by atoms with Crippen molar-refractivity contribution in [3.05, 3.63) is 0 Å². The van der Waals surface area contributed by atoms with Gasteiger partial charge in [0, 0.05) is 35.3 Å². The summed E-state index contributed by atoms with van der Waals surface area (Å²) >= 11 is 2.30. The van der Waals surface area contributed by atoms with Crippen LogP contribution in [0.4, 0.5) is 0 Å². The van der Waals surface area contributed by atoms with Crippen LogP contribution in [0.2, 0.25) is 0 Å². The molecule has 8 nitrogen and oxygen atoms in total. The fourth-order valence-electron chi connectivity index (χ4n) is 4.35. The van der Waals surface area contributed by atoms with Crippen molar-refractivity contribution in [3.63, 3.8) is 0 Å². The van der Waals surface area contributed by atoms with Crippen LogP contribution >= 0.6 is 23.5 Å². The Balaban J connectivity index is -0.000000222. The monoisotopic (exact) mass is 712 g/mol. The molecular formula is C33H60CaMgO8S2. The SMILES string of the molecule is C.CCCCCCCCCCCCSC(CC(=O)[O-])C(=O)[O-].CCCCCCCCCCCCSC(CC(=O)[O-])C(=O)[O-].[Ca+2].[Mg+2]. The summed E-state index contributed by atoms with van der Waals surface area (Å²) in [5.41, 5.74) is 0. The molecule has 0 spiro atoms. The van der Waals surface area contributed by atoms with E-state index in [1.807, 2.05) is 0 Å². The van der Waals surface area contributed by atoms with Crippen LogP contribution in [0.1, 0.15) is 163 Å². The van der Waals surface area contributed by atoms with E-state index in [1.54, 1.807) is 0 Å². The first-order valence-electron chi connectivity index (χ1n) is 16.2. The van der Waals surface area contributed by atoms with Crippen molar-refractivity contribution in [1.29, 1.82) is 0 Å². The van der Waals surface area contributed by atoms with Gasteiger partial charge in [0.05, 0.1) is 11.9 Å². The Morgan fingerprint density at radius 2 is 0.689 bits per heavy atom. The normalized spacial score (nSPS) is 11.4. The van der Waals surface area contributed by atoms with Crippen molar-refractivity contribution < 1.29 is 39.6 Å². The van der Waals surface area contributed by atoms with Crippen LogP contribution in [-0.4, -0.2) is 107 Å². The average Bonchev–Trinajstić information content (AvgIpc) is 2.93. The number of unbranched alkanes of at least 4 members (excludes halogenated alkanes) is 18. The van der Waals surface area contributed by atoms with Crippen molar-refractivity contribution in [1.82, 2.24) is 0 Å². The zero-order chi connectivity index (χ0) is 31.8. The van der Waals surface area contributed by atoms with E-state index >= 15 is 0 Å². The van der Waals surface area contributed by atoms with Gasteiger partial charge >= 0.3 is 60.8 Å². The molecule has 0 aliphatic heterocycles. The minimum atomic E-state index is -1.33. The first-order valence-corrected chi connectivity index (χ1v) is 18.3. The molecule has 0 amide bonds. The molecule has 0 aliphatic carbocycles. The van der Waals surface area contributed by atoms with Crippen LogP contribution in [-0.2, 0) is 19.2 Å². The average molecular weight is 713 g/mol. The van der Waals surface area contributed by atoms with E-state index in [-0.39, 0.29) is 68.2 Å². The van der Waals surface area contributed by atoms with Gasteiger partial charge in [-0.1, -0.05) is 137 Å². The summed E-state index contributed by atoms with van der Waals surface area (Å²) in [7, 11) is 0. The van der Waals surface area contributed by atoms with Crippen molar-refractivity contribution in [2.75, 3.05) is 11.5 Å². The second-order valence-corrected chi connectivity index (χ2v) is 13.5. The fraction of sp³-hybridized carbons (Fsp3) is 0.879. The summed E-state index contributed by atoms with van der Waals surface area (Å²) in [6.45, 7) is 4.44. The van der Waals surface area contributed by atoms with Crippen LogP contribution in [0.15, 0.2) is 0 Å². The van der Waals surface area contributed by atoms with E-state index in [0.717, 1.165) is 49.2 Å². The summed E-state index contributed by atoms with van der Waals surface area (Å²) in [4.78, 5) is 42.3. The first-order chi connectivity index (χ1) is 20.1. The Bertz CT molecular complexity index is 633. The third-order valence-electron chi connectivity index (χ3n) is 6.86. The smallest absolute Gasteiger partial charge is 0.550 e. The molecule has 0 heterocycles. The van der Waals surface area contributed by atoms with Crippen LogP contribution in [0, 0.1) is 0 Å². The molecule has 0 aromatic heterocycles. The maximum Gasteiger partial charge on any atom is 2.00 e. The quantitative estimate of drug-likeness (QED) is 0.0794. The number of hydrogen-bond acceptors (Lipinski definition) is 10. The summed E-state index contributed by atoms with van der Waals surface area (Å²) in [6, 6.07) is 0. The molecule has 0 fully saturated rings. The number of carboxylic acids is 4. The second-order valence-electron chi connectivity index (χ2n) is 10.9. The van der Waals surface area contributed by atoms with E-state index in [0.29, 0.717) is 11.5 Å². The van der Waals surface area contributed by atoms with Crippen LogP contribution in [0.25, 0.3) is 0 Å². The number of thioether (sulfide) groups is 2. The largest absolute Gasteiger partial charge is 2.00 e. The molecule has 0 saturated heterocycles. The predicted octanol–water partition coefficient (Wildman–Crippen LogP) is 3.67. The Morgan fingerprint density at radius 3 is 0.889 bits per heavy atom. The molecule has 0 N–H and O–H groups in total. The molecule has 45 heavy (non-hydrogen) atoms. The summed E-state index contributed by atoms with van der Waals surface area (Å²) in [5, 5.41) is 40.3. The zero-order valence-electron chi connectivity index (χ0n) is 27.6. The van der Waals surface area contributed by atoms with E-state index in [2.05, 4.69) is 13.8 Å². The standard InChI is InChI=1S/2C16H30O4S.CH4.Ca.Mg/c2*1-2-3-4-5-6-7-8-9-10-11-12-21-14(16(19)20)13-15(17)18;;;/h2*14H,2-13H2,1H3,(H,17,18)(H,19,20);1H4;;/q;;;2*+2/p-4. The molecule has 2 unspecified atom stereocenters. The molecular weight excluding hydrogens is 653 g/mol. The van der Waals surface area contributed by atoms with Gasteiger partial charge in [0.25, 0.3) is 0 Å². The zero-order valence-corrected chi connectivity index (χ0v) is 32.9. The van der Waals surface area contributed by atoms with Crippen LogP contribution < -0.4 is 20.4 Å². The topological polar surface area (TPSA) is 161 Å². The minimum Gasteiger partial charge on any atom is -0.550 e. The van der Waals surface area contributed by atoms with Crippen molar-refractivity contribution >= 4 is 108 Å². The minimum absolute atomic E-state index is 0. The third-order valence-corrected chi connectivity index (χ3v) is 9.44. The number of hydrogen-bond donors (Lipinski definition) is 0. The third kappa shape index (κ3) is 44.6. The molecule has 0 aromatic carbocycles. The fourth-order valence-corrected chi connectivity index (χ4v) is 6.44. The van der Waals surface area contributed by atoms with Gasteiger partial charge in [-0.2, -0.15) is 23.5 Å². The van der Waals surface area contributed by atoms with Crippen molar-refractivity contribution in [2.24, 2.45) is 0 Å². The number of rotatable bonds is 30. The molecule has 12 heteroatoms. The maximum atomic E-state index is 10.7. The van der Waals surface area contributed by atoms with Gasteiger partial charge in [-0.3, -0.25) is 0 Å². The van der Waals surface area contributed by atoms with E-state index in [9.17, 15) is 39.6 Å². The number of aliphatic carboxylic acids is 4. The van der Waals surface area contributed by atoms with E-state index in [1.165, 1.54) is 103 Å². The van der Waals surface area contributed by atoms with E-state index in [4.69, 9.17) is 0 Å². The van der Waals surface area contributed by atoms with Gasteiger partial charge in [-0.15, -0.1) is 0 Å². The van der Waals surface area contributed by atoms with E-state index < -0.39 is 47.2 Å². The molecule has 0 saturated carbocycles. The van der Waals surface area contributed by atoms with Crippen LogP contribution in [0.3, 0.4) is 0 Å². The molecule has 0 rings (SSSR count). The number of carbonyl (C=O) groups excluding carboxylic acids is 4. The van der Waals surface area contributed by atoms with Gasteiger partial charge in [-0.05, 0) is 24.3 Å². The Morgan fingerprint density at radius 1 is 0.467 bits per heavy atom. The first kappa shape index (κ1) is 55.0. The number of carbonyl (C=O) groups is 4. The van der Waals surface area contributed by atoms with Gasteiger partial charge in [-0.25, -0.2) is 0 Å². The Kier molecular flexibility index (Phi) is 52.1. The molecule has 0 bridgehead atoms. The molecule has 0 aliphatic rings. The molecule has 0 radical (unpaired) electrons. The number of carboxylic acid groups (broad SMARTS) is 4. The van der Waals surface area contributed by atoms with Gasteiger partial charge in [0.15, 0.2) is 0 Å². The Hall–Kier alpha value is 0.606. The van der Waals surface area contributed by atoms with Crippen molar-refractivity contribution in [2.45, 2.75) is 173 Å². The molecule has 2 atom stereocenters. The van der Waals surface area contributed by atoms with Gasteiger partial charge < -0.3 is 39.6 Å². The molecule has 256 valence electrons. The van der Waals surface area contributed by atoms with Crippen LogP contribution in [0.5, 0.6) is 0 Å². The summed E-state index contributed by atoms with van der Waals surface area (Å²) in [5.74, 6) is -3.95. The van der Waals surface area contributed by atoms with Crippen molar-refractivity contribution in [3.8, 4) is 0 Å².